The van der Waals surface area contributed by atoms with Gasteiger partial charge in [-0.3, -0.25) is 4.98 Å². The predicted molar refractivity (Wildman–Crippen MR) is 80.5 cm³/mol. The molecule has 2 heterocycles. The Hall–Kier alpha value is -2.56. The first kappa shape index (κ1) is 13.4. The van der Waals surface area contributed by atoms with Crippen LogP contribution >= 0.6 is 0 Å². The lowest BCUT2D eigenvalue weighted by molar-refractivity contribution is 0.608. The van der Waals surface area contributed by atoms with Gasteiger partial charge >= 0.3 is 0 Å². The average molecular weight is 282 g/mol. The van der Waals surface area contributed by atoms with E-state index in [1.165, 1.54) is 0 Å². The number of hydrogen-bond donors (Lipinski definition) is 1. The van der Waals surface area contributed by atoms with Crippen molar-refractivity contribution in [3.8, 4) is 0 Å². The molecule has 3 rings (SSSR count). The molecule has 0 amide bonds. The van der Waals surface area contributed by atoms with Crippen LogP contribution in [0.5, 0.6) is 0 Å². The standard InChI is InChI=1S/C16H15FN4/c1-10-7-12(8-11(2)15(10)17)9-20-14-4-3-13-16(21-14)19-6-5-18-13/h3-8H,9H2,1-2H3,(H,19,20,21). The van der Waals surface area contributed by atoms with E-state index in [-0.39, 0.29) is 5.82 Å². The van der Waals surface area contributed by atoms with Crippen LogP contribution in [0.1, 0.15) is 16.7 Å². The van der Waals surface area contributed by atoms with Crippen molar-refractivity contribution in [1.29, 1.82) is 0 Å². The number of pyridine rings is 1. The molecule has 0 unspecified atom stereocenters. The maximum atomic E-state index is 13.6. The molecule has 0 aliphatic heterocycles. The predicted octanol–water partition coefficient (Wildman–Crippen LogP) is 3.39. The van der Waals surface area contributed by atoms with E-state index in [1.807, 2.05) is 24.3 Å². The van der Waals surface area contributed by atoms with Gasteiger partial charge in [0, 0.05) is 18.9 Å². The number of fused-ring (bicyclic) bond motifs is 1. The highest BCUT2D eigenvalue weighted by Crippen LogP contribution is 2.16. The van der Waals surface area contributed by atoms with Crippen molar-refractivity contribution < 1.29 is 4.39 Å². The van der Waals surface area contributed by atoms with Crippen LogP contribution in [0.25, 0.3) is 11.2 Å². The van der Waals surface area contributed by atoms with Crippen LogP contribution in [0.3, 0.4) is 0 Å². The lowest BCUT2D eigenvalue weighted by atomic mass is 10.1. The minimum Gasteiger partial charge on any atom is -0.366 e. The van der Waals surface area contributed by atoms with E-state index in [1.54, 1.807) is 26.2 Å². The molecular weight excluding hydrogens is 267 g/mol. The summed E-state index contributed by atoms with van der Waals surface area (Å²) in [6.45, 7) is 4.13. The molecule has 0 aliphatic carbocycles. The van der Waals surface area contributed by atoms with Crippen molar-refractivity contribution in [2.24, 2.45) is 0 Å². The van der Waals surface area contributed by atoms with Crippen molar-refractivity contribution >= 4 is 17.0 Å². The summed E-state index contributed by atoms with van der Waals surface area (Å²) in [5, 5.41) is 3.23. The summed E-state index contributed by atoms with van der Waals surface area (Å²) in [4.78, 5) is 12.7. The van der Waals surface area contributed by atoms with E-state index in [2.05, 4.69) is 20.3 Å². The molecule has 3 aromatic rings. The lowest BCUT2D eigenvalue weighted by Crippen LogP contribution is -2.03. The van der Waals surface area contributed by atoms with Gasteiger partial charge in [0.15, 0.2) is 5.65 Å². The third-order valence-electron chi connectivity index (χ3n) is 3.30. The number of benzene rings is 1. The molecule has 0 saturated carbocycles. The Morgan fingerprint density at radius 3 is 2.52 bits per heavy atom. The third kappa shape index (κ3) is 2.81. The third-order valence-corrected chi connectivity index (χ3v) is 3.30. The van der Waals surface area contributed by atoms with Gasteiger partial charge in [-0.25, -0.2) is 14.4 Å². The first-order valence-electron chi connectivity index (χ1n) is 6.71. The number of anilines is 1. The van der Waals surface area contributed by atoms with Gasteiger partial charge in [0.2, 0.25) is 0 Å². The number of nitrogens with zero attached hydrogens (tertiary/aromatic N) is 3. The molecule has 0 bridgehead atoms. The number of halogens is 1. The van der Waals surface area contributed by atoms with Gasteiger partial charge < -0.3 is 5.32 Å². The molecule has 1 aromatic carbocycles. The van der Waals surface area contributed by atoms with E-state index in [0.717, 1.165) is 16.9 Å². The summed E-state index contributed by atoms with van der Waals surface area (Å²) in [5.41, 5.74) is 3.70. The normalized spacial score (nSPS) is 10.8. The SMILES string of the molecule is Cc1cc(CNc2ccc3nccnc3n2)cc(C)c1F. The minimum absolute atomic E-state index is 0.141. The van der Waals surface area contributed by atoms with Crippen LogP contribution in [0.2, 0.25) is 0 Å². The first-order chi connectivity index (χ1) is 10.1. The number of hydrogen-bond acceptors (Lipinski definition) is 4. The highest BCUT2D eigenvalue weighted by atomic mass is 19.1. The van der Waals surface area contributed by atoms with Gasteiger partial charge in [0.1, 0.15) is 17.2 Å². The second-order valence-electron chi connectivity index (χ2n) is 4.99. The van der Waals surface area contributed by atoms with Crippen molar-refractivity contribution in [2.45, 2.75) is 20.4 Å². The zero-order valence-corrected chi connectivity index (χ0v) is 11.9. The highest BCUT2D eigenvalue weighted by Gasteiger charge is 2.05. The maximum absolute atomic E-state index is 13.6. The summed E-state index contributed by atoms with van der Waals surface area (Å²) < 4.78 is 13.6. The second-order valence-corrected chi connectivity index (χ2v) is 4.99. The topological polar surface area (TPSA) is 50.7 Å². The van der Waals surface area contributed by atoms with Crippen LogP contribution in [-0.4, -0.2) is 15.0 Å². The van der Waals surface area contributed by atoms with Crippen LogP contribution in [-0.2, 0) is 6.54 Å². The van der Waals surface area contributed by atoms with Gasteiger partial charge in [0.05, 0.1) is 0 Å². The first-order valence-corrected chi connectivity index (χ1v) is 6.71. The van der Waals surface area contributed by atoms with Crippen LogP contribution in [0.4, 0.5) is 10.2 Å². The van der Waals surface area contributed by atoms with Crippen molar-refractivity contribution in [3.05, 3.63) is 59.2 Å². The molecule has 21 heavy (non-hydrogen) atoms. The Balaban J connectivity index is 1.80. The van der Waals surface area contributed by atoms with Crippen LogP contribution in [0, 0.1) is 19.7 Å². The fourth-order valence-electron chi connectivity index (χ4n) is 2.28. The molecule has 2 aromatic heterocycles. The van der Waals surface area contributed by atoms with E-state index >= 15 is 0 Å². The van der Waals surface area contributed by atoms with E-state index in [4.69, 9.17) is 0 Å². The smallest absolute Gasteiger partial charge is 0.180 e. The van der Waals surface area contributed by atoms with Gasteiger partial charge in [-0.1, -0.05) is 12.1 Å². The zero-order chi connectivity index (χ0) is 14.8. The summed E-state index contributed by atoms with van der Waals surface area (Å²) in [7, 11) is 0. The van der Waals surface area contributed by atoms with Crippen molar-refractivity contribution in [1.82, 2.24) is 15.0 Å². The van der Waals surface area contributed by atoms with E-state index < -0.39 is 0 Å². The number of aryl methyl sites for hydroxylation is 2. The van der Waals surface area contributed by atoms with Gasteiger partial charge in [-0.2, -0.15) is 0 Å². The molecule has 0 atom stereocenters. The number of rotatable bonds is 3. The Kier molecular flexibility index (Phi) is 3.48. The molecule has 0 saturated heterocycles. The summed E-state index contributed by atoms with van der Waals surface area (Å²) in [6, 6.07) is 7.42. The zero-order valence-electron chi connectivity index (χ0n) is 11.9. The molecule has 0 radical (unpaired) electrons. The molecular formula is C16H15FN4. The molecule has 1 N–H and O–H groups in total. The Labute approximate surface area is 122 Å². The van der Waals surface area contributed by atoms with Gasteiger partial charge in [0.25, 0.3) is 0 Å². The van der Waals surface area contributed by atoms with Crippen molar-refractivity contribution in [3.63, 3.8) is 0 Å². The van der Waals surface area contributed by atoms with Gasteiger partial charge in [-0.15, -0.1) is 0 Å². The summed E-state index contributed by atoms with van der Waals surface area (Å²) in [5.74, 6) is 0.584. The maximum Gasteiger partial charge on any atom is 0.180 e. The van der Waals surface area contributed by atoms with Crippen LogP contribution in [0.15, 0.2) is 36.7 Å². The molecule has 0 fully saturated rings. The fourth-order valence-corrected chi connectivity index (χ4v) is 2.28. The lowest BCUT2D eigenvalue weighted by Gasteiger charge is -2.09. The largest absolute Gasteiger partial charge is 0.366 e. The summed E-state index contributed by atoms with van der Waals surface area (Å²) in [6.07, 6.45) is 3.26. The minimum atomic E-state index is -0.141. The monoisotopic (exact) mass is 282 g/mol. The fraction of sp³-hybridized carbons (Fsp3) is 0.188. The summed E-state index contributed by atoms with van der Waals surface area (Å²) >= 11 is 0. The second kappa shape index (κ2) is 5.44. The van der Waals surface area contributed by atoms with E-state index in [0.29, 0.717) is 23.3 Å². The number of nitrogens with one attached hydrogen (secondary N) is 1. The van der Waals surface area contributed by atoms with Crippen LogP contribution < -0.4 is 5.32 Å². The molecule has 5 heteroatoms. The molecule has 106 valence electrons. The van der Waals surface area contributed by atoms with Crippen molar-refractivity contribution in [2.75, 3.05) is 5.32 Å². The number of aromatic nitrogens is 3. The molecule has 4 nitrogen and oxygen atoms in total. The Morgan fingerprint density at radius 2 is 1.76 bits per heavy atom. The van der Waals surface area contributed by atoms with E-state index in [9.17, 15) is 4.39 Å². The molecule has 0 aliphatic rings. The van der Waals surface area contributed by atoms with Gasteiger partial charge in [-0.05, 0) is 42.7 Å². The highest BCUT2D eigenvalue weighted by molar-refractivity contribution is 5.71. The molecule has 0 spiro atoms. The Bertz CT molecular complexity index is 778. The quantitative estimate of drug-likeness (QED) is 0.800. The Morgan fingerprint density at radius 1 is 1.05 bits per heavy atom. The average Bonchev–Trinajstić information content (AvgIpc) is 2.50.